The summed E-state index contributed by atoms with van der Waals surface area (Å²) in [4.78, 5) is 10.1. The highest BCUT2D eigenvalue weighted by Crippen LogP contribution is 2.48. The molecule has 0 N–H and O–H groups in total. The number of hydrogen-bond acceptors (Lipinski definition) is 5. The lowest BCUT2D eigenvalue weighted by Gasteiger charge is -2.36. The van der Waals surface area contributed by atoms with Crippen molar-refractivity contribution in [3.05, 3.63) is 71.8 Å². The average Bonchev–Trinajstić information content (AvgIpc) is 2.86. The van der Waals surface area contributed by atoms with Gasteiger partial charge in [-0.05, 0) is 74.0 Å². The SMILES string of the molecule is COc1ccc(N2CCN(CCCCN3c4ccccc4Sc4ccc(Cl)cc43)CC2)cc1. The van der Waals surface area contributed by atoms with E-state index in [-0.39, 0.29) is 0 Å². The predicted octanol–water partition coefficient (Wildman–Crippen LogP) is 6.55. The quantitative estimate of drug-likeness (QED) is 0.356. The van der Waals surface area contributed by atoms with Gasteiger partial charge in [0, 0.05) is 53.2 Å². The summed E-state index contributed by atoms with van der Waals surface area (Å²) >= 11 is 8.19. The number of unbranched alkanes of at least 4 members (excludes halogenated alkanes) is 1. The topological polar surface area (TPSA) is 19.0 Å². The highest BCUT2D eigenvalue weighted by molar-refractivity contribution is 7.99. The summed E-state index contributed by atoms with van der Waals surface area (Å²) in [6.07, 6.45) is 2.36. The summed E-state index contributed by atoms with van der Waals surface area (Å²) in [6.45, 7) is 6.56. The highest BCUT2D eigenvalue weighted by Gasteiger charge is 2.23. The molecule has 2 heterocycles. The third kappa shape index (κ3) is 5.11. The lowest BCUT2D eigenvalue weighted by molar-refractivity contribution is 0.253. The van der Waals surface area contributed by atoms with Crippen LogP contribution in [0, 0.1) is 0 Å². The molecule has 172 valence electrons. The lowest BCUT2D eigenvalue weighted by atomic mass is 10.2. The van der Waals surface area contributed by atoms with Gasteiger partial charge in [-0.3, -0.25) is 4.90 Å². The molecule has 33 heavy (non-hydrogen) atoms. The van der Waals surface area contributed by atoms with E-state index in [9.17, 15) is 0 Å². The Morgan fingerprint density at radius 2 is 1.55 bits per heavy atom. The Bertz CT molecular complexity index is 1080. The van der Waals surface area contributed by atoms with Crippen molar-refractivity contribution >= 4 is 40.4 Å². The molecule has 1 saturated heterocycles. The van der Waals surface area contributed by atoms with Crippen molar-refractivity contribution in [1.29, 1.82) is 0 Å². The van der Waals surface area contributed by atoms with Crippen LogP contribution in [0.2, 0.25) is 5.02 Å². The number of para-hydroxylation sites is 1. The van der Waals surface area contributed by atoms with E-state index in [0.717, 1.165) is 56.5 Å². The van der Waals surface area contributed by atoms with E-state index in [0.29, 0.717) is 0 Å². The third-order valence-electron chi connectivity index (χ3n) is 6.50. The Kier molecular flexibility index (Phi) is 7.00. The van der Waals surface area contributed by atoms with Crippen molar-refractivity contribution in [1.82, 2.24) is 4.90 Å². The normalized spacial score (nSPS) is 15.8. The van der Waals surface area contributed by atoms with Crippen molar-refractivity contribution in [3.63, 3.8) is 0 Å². The van der Waals surface area contributed by atoms with Crippen molar-refractivity contribution in [3.8, 4) is 5.75 Å². The molecule has 0 bridgehead atoms. The molecule has 0 atom stereocenters. The minimum atomic E-state index is 0.800. The summed E-state index contributed by atoms with van der Waals surface area (Å²) < 4.78 is 5.28. The van der Waals surface area contributed by atoms with Crippen LogP contribution in [-0.2, 0) is 0 Å². The Morgan fingerprint density at radius 1 is 0.818 bits per heavy atom. The maximum Gasteiger partial charge on any atom is 0.119 e. The van der Waals surface area contributed by atoms with Gasteiger partial charge >= 0.3 is 0 Å². The molecule has 0 aromatic heterocycles. The molecule has 6 heteroatoms. The first kappa shape index (κ1) is 22.5. The number of hydrogen-bond donors (Lipinski definition) is 0. The summed E-state index contributed by atoms with van der Waals surface area (Å²) in [7, 11) is 1.71. The Hall–Kier alpha value is -2.34. The maximum atomic E-state index is 6.35. The summed E-state index contributed by atoms with van der Waals surface area (Å²) in [5.41, 5.74) is 3.82. The second-order valence-corrected chi connectivity index (χ2v) is 10.1. The van der Waals surface area contributed by atoms with E-state index in [1.807, 2.05) is 30.0 Å². The van der Waals surface area contributed by atoms with Crippen LogP contribution in [0.15, 0.2) is 76.5 Å². The van der Waals surface area contributed by atoms with Gasteiger partial charge in [0.1, 0.15) is 5.75 Å². The Balaban J connectivity index is 1.14. The van der Waals surface area contributed by atoms with Gasteiger partial charge < -0.3 is 14.5 Å². The monoisotopic (exact) mass is 479 g/mol. The maximum absolute atomic E-state index is 6.35. The van der Waals surface area contributed by atoms with Gasteiger partial charge in [-0.25, -0.2) is 0 Å². The average molecular weight is 480 g/mol. The van der Waals surface area contributed by atoms with Crippen molar-refractivity contribution in [2.24, 2.45) is 0 Å². The highest BCUT2D eigenvalue weighted by atomic mass is 35.5. The smallest absolute Gasteiger partial charge is 0.119 e. The molecule has 3 aromatic carbocycles. The lowest BCUT2D eigenvalue weighted by Crippen LogP contribution is -2.46. The number of benzene rings is 3. The van der Waals surface area contributed by atoms with E-state index in [1.165, 1.54) is 33.3 Å². The van der Waals surface area contributed by atoms with E-state index in [1.54, 1.807) is 7.11 Å². The van der Waals surface area contributed by atoms with Crippen LogP contribution in [0.4, 0.5) is 17.1 Å². The summed E-state index contributed by atoms with van der Waals surface area (Å²) in [5, 5.41) is 0.800. The van der Waals surface area contributed by atoms with Crippen molar-refractivity contribution in [2.45, 2.75) is 22.6 Å². The van der Waals surface area contributed by atoms with Gasteiger partial charge in [0.2, 0.25) is 0 Å². The zero-order chi connectivity index (χ0) is 22.6. The standard InChI is InChI=1S/C27H30ClN3OS/c1-32-23-11-9-22(10-12-23)30-18-16-29(17-19-30)14-4-5-15-31-24-6-2-3-7-26(24)33-27-13-8-21(28)20-25(27)31/h2-3,6-13,20H,4-5,14-19H2,1H3. The van der Waals surface area contributed by atoms with Gasteiger partial charge in [-0.2, -0.15) is 0 Å². The predicted molar refractivity (Wildman–Crippen MR) is 140 cm³/mol. The minimum absolute atomic E-state index is 0.800. The molecule has 0 saturated carbocycles. The molecule has 0 amide bonds. The molecule has 5 rings (SSSR count). The van der Waals surface area contributed by atoms with E-state index < -0.39 is 0 Å². The largest absolute Gasteiger partial charge is 0.497 e. The number of piperazine rings is 1. The third-order valence-corrected chi connectivity index (χ3v) is 7.87. The number of halogens is 1. The van der Waals surface area contributed by atoms with Crippen LogP contribution >= 0.6 is 23.4 Å². The number of ether oxygens (including phenoxy) is 1. The van der Waals surface area contributed by atoms with Crippen LogP contribution in [0.5, 0.6) is 5.75 Å². The van der Waals surface area contributed by atoms with E-state index in [4.69, 9.17) is 16.3 Å². The van der Waals surface area contributed by atoms with Crippen LogP contribution in [0.25, 0.3) is 0 Å². The van der Waals surface area contributed by atoms with Gasteiger partial charge in [0.25, 0.3) is 0 Å². The van der Waals surface area contributed by atoms with E-state index >= 15 is 0 Å². The molecule has 0 unspecified atom stereocenters. The van der Waals surface area contributed by atoms with Gasteiger partial charge in [0.05, 0.1) is 18.5 Å². The Morgan fingerprint density at radius 3 is 2.33 bits per heavy atom. The molecule has 1 fully saturated rings. The van der Waals surface area contributed by atoms with Gasteiger partial charge in [-0.15, -0.1) is 0 Å². The van der Waals surface area contributed by atoms with E-state index in [2.05, 4.69) is 63.2 Å². The van der Waals surface area contributed by atoms with Crippen LogP contribution in [0.1, 0.15) is 12.8 Å². The zero-order valence-electron chi connectivity index (χ0n) is 19.0. The van der Waals surface area contributed by atoms with Crippen LogP contribution in [0.3, 0.4) is 0 Å². The van der Waals surface area contributed by atoms with Gasteiger partial charge in [0.15, 0.2) is 0 Å². The zero-order valence-corrected chi connectivity index (χ0v) is 20.6. The van der Waals surface area contributed by atoms with Crippen molar-refractivity contribution in [2.75, 3.05) is 56.2 Å². The second kappa shape index (κ2) is 10.3. The minimum Gasteiger partial charge on any atom is -0.497 e. The number of nitrogens with zero attached hydrogens (tertiary/aromatic N) is 3. The molecule has 2 aliphatic heterocycles. The van der Waals surface area contributed by atoms with Crippen LogP contribution < -0.4 is 14.5 Å². The molecular weight excluding hydrogens is 450 g/mol. The molecular formula is C27H30ClN3OS. The number of anilines is 3. The van der Waals surface area contributed by atoms with Gasteiger partial charge in [-0.1, -0.05) is 35.5 Å². The number of methoxy groups -OCH3 is 1. The number of rotatable bonds is 7. The second-order valence-electron chi connectivity index (χ2n) is 8.57. The molecule has 0 radical (unpaired) electrons. The first-order chi connectivity index (χ1) is 16.2. The fourth-order valence-electron chi connectivity index (χ4n) is 4.67. The first-order valence-corrected chi connectivity index (χ1v) is 12.9. The summed E-state index contributed by atoms with van der Waals surface area (Å²) in [5.74, 6) is 0.914. The first-order valence-electron chi connectivity index (χ1n) is 11.7. The fourth-order valence-corrected chi connectivity index (χ4v) is 5.91. The Labute approximate surface area is 206 Å². The number of fused-ring (bicyclic) bond motifs is 2. The van der Waals surface area contributed by atoms with Crippen LogP contribution in [-0.4, -0.2) is 51.3 Å². The molecule has 2 aliphatic rings. The molecule has 4 nitrogen and oxygen atoms in total. The fraction of sp³-hybridized carbons (Fsp3) is 0.333. The molecule has 0 aliphatic carbocycles. The summed E-state index contributed by atoms with van der Waals surface area (Å²) in [6, 6.07) is 23.4. The van der Waals surface area contributed by atoms with Crippen molar-refractivity contribution < 1.29 is 4.74 Å². The molecule has 3 aromatic rings. The molecule has 0 spiro atoms.